The highest BCUT2D eigenvalue weighted by molar-refractivity contribution is 7.86. The fourth-order valence-corrected chi connectivity index (χ4v) is 4.69. The molecule has 1 aliphatic rings. The zero-order valence-corrected chi connectivity index (χ0v) is 20.3. The van der Waals surface area contributed by atoms with Crippen molar-refractivity contribution >= 4 is 37.9 Å². The Morgan fingerprint density at radius 2 is 1.53 bits per heavy atom. The Kier molecular flexibility index (Phi) is 6.17. The number of benzene rings is 3. The molecule has 0 saturated carbocycles. The number of allylic oxidation sites excluding steroid dienone is 5. The SMILES string of the molecule is CN(C)c1ccc(C(=C2C=CC(=[N+](C)C)C=C2)c2c(O)c(S(=O)(=O)O)cc3ccccc23)cc1. The lowest BCUT2D eigenvalue weighted by Gasteiger charge is -2.20. The summed E-state index contributed by atoms with van der Waals surface area (Å²) in [4.78, 5) is 1.47. The van der Waals surface area contributed by atoms with Crippen LogP contribution in [-0.4, -0.2) is 56.6 Å². The van der Waals surface area contributed by atoms with E-state index >= 15 is 0 Å². The lowest BCUT2D eigenvalue weighted by molar-refractivity contribution is -0.462. The van der Waals surface area contributed by atoms with E-state index < -0.39 is 20.8 Å². The molecule has 0 atom stereocenters. The summed E-state index contributed by atoms with van der Waals surface area (Å²) >= 11 is 0. The van der Waals surface area contributed by atoms with Crippen molar-refractivity contribution < 1.29 is 22.7 Å². The van der Waals surface area contributed by atoms with Crippen molar-refractivity contribution in [2.45, 2.75) is 4.90 Å². The van der Waals surface area contributed by atoms with E-state index in [2.05, 4.69) is 0 Å². The maximum atomic E-state index is 12.2. The first-order valence-electron chi connectivity index (χ1n) is 10.7. The standard InChI is InChI=1S/C27H26N2O4S/c1-28(2)21-13-9-18(10-14-21)25(19-11-15-22(16-12-19)29(3)4)26-23-8-6-5-7-20(23)17-24(27(26)30)34(31,32)33/h5-17H,1-4H3,(H,31,32,33)/p+1. The van der Waals surface area contributed by atoms with E-state index in [1.54, 1.807) is 12.1 Å². The van der Waals surface area contributed by atoms with Gasteiger partial charge in [-0.05, 0) is 52.3 Å². The van der Waals surface area contributed by atoms with Crippen LogP contribution in [0.1, 0.15) is 11.1 Å². The number of anilines is 1. The number of phenols is 1. The average Bonchev–Trinajstić information content (AvgIpc) is 2.80. The number of phenolic OH excluding ortho intramolecular Hbond substituents is 1. The normalized spacial score (nSPS) is 13.4. The maximum absolute atomic E-state index is 12.2. The second kappa shape index (κ2) is 8.93. The van der Waals surface area contributed by atoms with Gasteiger partial charge in [-0.25, -0.2) is 4.58 Å². The van der Waals surface area contributed by atoms with Crippen molar-refractivity contribution in [2.24, 2.45) is 0 Å². The van der Waals surface area contributed by atoms with Gasteiger partial charge < -0.3 is 10.0 Å². The zero-order chi connectivity index (χ0) is 24.6. The Morgan fingerprint density at radius 3 is 2.09 bits per heavy atom. The van der Waals surface area contributed by atoms with Crippen molar-refractivity contribution in [3.8, 4) is 5.75 Å². The van der Waals surface area contributed by atoms with Gasteiger partial charge in [0.25, 0.3) is 10.1 Å². The summed E-state index contributed by atoms with van der Waals surface area (Å²) in [5.74, 6) is -0.482. The van der Waals surface area contributed by atoms with Gasteiger partial charge in [-0.3, -0.25) is 4.55 Å². The second-order valence-corrected chi connectivity index (χ2v) is 9.94. The van der Waals surface area contributed by atoms with Gasteiger partial charge in [0.15, 0.2) is 5.71 Å². The van der Waals surface area contributed by atoms with Crippen LogP contribution in [0, 0.1) is 0 Å². The molecule has 1 aliphatic carbocycles. The van der Waals surface area contributed by atoms with Crippen molar-refractivity contribution in [2.75, 3.05) is 33.1 Å². The quantitative estimate of drug-likeness (QED) is 0.429. The van der Waals surface area contributed by atoms with E-state index in [9.17, 15) is 18.1 Å². The van der Waals surface area contributed by atoms with Gasteiger partial charge >= 0.3 is 0 Å². The molecule has 2 N–H and O–H groups in total. The number of hydrogen-bond donors (Lipinski definition) is 2. The van der Waals surface area contributed by atoms with Crippen molar-refractivity contribution in [1.29, 1.82) is 0 Å². The van der Waals surface area contributed by atoms with Crippen molar-refractivity contribution in [1.82, 2.24) is 0 Å². The molecule has 4 rings (SSSR count). The fourth-order valence-electron chi connectivity index (χ4n) is 4.07. The Labute approximate surface area is 199 Å². The van der Waals surface area contributed by atoms with Crippen LogP contribution in [0.3, 0.4) is 0 Å². The summed E-state index contributed by atoms with van der Waals surface area (Å²) in [5.41, 5.74) is 4.63. The molecule has 3 aromatic rings. The third kappa shape index (κ3) is 4.40. The van der Waals surface area contributed by atoms with Gasteiger partial charge in [-0.2, -0.15) is 8.42 Å². The van der Waals surface area contributed by atoms with Crippen LogP contribution in [0.2, 0.25) is 0 Å². The monoisotopic (exact) mass is 475 g/mol. The second-order valence-electron chi connectivity index (χ2n) is 8.55. The summed E-state index contributed by atoms with van der Waals surface area (Å²) in [5, 5.41) is 12.5. The Balaban J connectivity index is 2.12. The summed E-state index contributed by atoms with van der Waals surface area (Å²) in [7, 11) is 3.15. The first-order chi connectivity index (χ1) is 16.1. The van der Waals surface area contributed by atoms with E-state index in [0.29, 0.717) is 21.9 Å². The molecule has 0 radical (unpaired) electrons. The third-order valence-electron chi connectivity index (χ3n) is 5.86. The molecule has 0 fully saturated rings. The van der Waals surface area contributed by atoms with Crippen molar-refractivity contribution in [3.05, 3.63) is 95.6 Å². The van der Waals surface area contributed by atoms with Crippen LogP contribution in [0.4, 0.5) is 5.69 Å². The topological polar surface area (TPSA) is 80.8 Å². The molecule has 6 nitrogen and oxygen atoms in total. The van der Waals surface area contributed by atoms with Crippen LogP contribution < -0.4 is 4.90 Å². The molecule has 7 heteroatoms. The molecule has 0 saturated heterocycles. The highest BCUT2D eigenvalue weighted by Gasteiger charge is 2.25. The Morgan fingerprint density at radius 1 is 0.912 bits per heavy atom. The average molecular weight is 476 g/mol. The molecular weight excluding hydrogens is 448 g/mol. The van der Waals surface area contributed by atoms with Gasteiger partial charge in [0.2, 0.25) is 0 Å². The lowest BCUT2D eigenvalue weighted by atomic mass is 9.87. The Bertz CT molecular complexity index is 1490. The highest BCUT2D eigenvalue weighted by Crippen LogP contribution is 2.43. The molecule has 0 heterocycles. The number of hydrogen-bond acceptors (Lipinski definition) is 4. The van der Waals surface area contributed by atoms with Gasteiger partial charge in [0, 0.05) is 43.1 Å². The van der Waals surface area contributed by atoms with E-state index in [0.717, 1.165) is 22.5 Å². The molecule has 0 aromatic heterocycles. The molecule has 0 spiro atoms. The minimum Gasteiger partial charge on any atom is -0.506 e. The number of fused-ring (bicyclic) bond motifs is 1. The molecule has 0 unspecified atom stereocenters. The number of aromatic hydroxyl groups is 1. The van der Waals surface area contributed by atoms with Gasteiger partial charge in [-0.15, -0.1) is 0 Å². The predicted molar refractivity (Wildman–Crippen MR) is 138 cm³/mol. The molecular formula is C27H27N2O4S+. The molecule has 174 valence electrons. The van der Waals surface area contributed by atoms with Gasteiger partial charge in [0.05, 0.1) is 0 Å². The highest BCUT2D eigenvalue weighted by atomic mass is 32.2. The lowest BCUT2D eigenvalue weighted by Crippen LogP contribution is -2.10. The smallest absolute Gasteiger partial charge is 0.298 e. The van der Waals surface area contributed by atoms with Crippen LogP contribution in [-0.2, 0) is 10.1 Å². The fraction of sp³-hybridized carbons (Fsp3) is 0.148. The largest absolute Gasteiger partial charge is 0.506 e. The number of nitrogens with zero attached hydrogens (tertiary/aromatic N) is 2. The van der Waals surface area contributed by atoms with Crippen LogP contribution in [0.25, 0.3) is 16.3 Å². The number of rotatable bonds is 4. The van der Waals surface area contributed by atoms with Gasteiger partial charge in [-0.1, -0.05) is 36.4 Å². The van der Waals surface area contributed by atoms with E-state index in [1.807, 2.05) is 98.4 Å². The van der Waals surface area contributed by atoms with Gasteiger partial charge in [0.1, 0.15) is 24.7 Å². The molecule has 0 aliphatic heterocycles. The summed E-state index contributed by atoms with van der Waals surface area (Å²) < 4.78 is 36.2. The van der Waals surface area contributed by atoms with Crippen molar-refractivity contribution in [3.63, 3.8) is 0 Å². The zero-order valence-electron chi connectivity index (χ0n) is 19.5. The first-order valence-corrected chi connectivity index (χ1v) is 12.2. The molecule has 3 aromatic carbocycles. The minimum atomic E-state index is -4.66. The molecule has 34 heavy (non-hydrogen) atoms. The third-order valence-corrected chi connectivity index (χ3v) is 6.73. The predicted octanol–water partition coefficient (Wildman–Crippen LogP) is 4.50. The van der Waals surface area contributed by atoms with Crippen LogP contribution in [0.5, 0.6) is 5.75 Å². The Hall–Kier alpha value is -3.68. The summed E-state index contributed by atoms with van der Waals surface area (Å²) in [6.07, 6.45) is 7.82. The van der Waals surface area contributed by atoms with Crippen LogP contribution in [0.15, 0.2) is 89.4 Å². The van der Waals surface area contributed by atoms with Crippen LogP contribution >= 0.6 is 0 Å². The van der Waals surface area contributed by atoms with E-state index in [4.69, 9.17) is 0 Å². The maximum Gasteiger partial charge on any atom is 0.298 e. The molecule has 0 amide bonds. The van der Waals surface area contributed by atoms with E-state index in [-0.39, 0.29) is 0 Å². The minimum absolute atomic E-state index is 0.348. The van der Waals surface area contributed by atoms with E-state index in [1.165, 1.54) is 6.07 Å². The first kappa shape index (κ1) is 23.5. The summed E-state index contributed by atoms with van der Waals surface area (Å²) in [6.45, 7) is 0. The summed E-state index contributed by atoms with van der Waals surface area (Å²) in [6, 6.07) is 16.3. The molecule has 0 bridgehead atoms.